The van der Waals surface area contributed by atoms with E-state index in [1.165, 1.54) is 6.92 Å². The number of carbonyl (C=O) groups excluding carboxylic acids is 1. The lowest BCUT2D eigenvalue weighted by atomic mass is 9.75. The van der Waals surface area contributed by atoms with Crippen molar-refractivity contribution in [2.45, 2.75) is 60.5 Å². The Bertz CT molecular complexity index is 347. The zero-order chi connectivity index (χ0) is 17.7. The van der Waals surface area contributed by atoms with Gasteiger partial charge in [-0.25, -0.2) is 0 Å². The summed E-state index contributed by atoms with van der Waals surface area (Å²) < 4.78 is 5.32. The van der Waals surface area contributed by atoms with Crippen LogP contribution >= 0.6 is 0 Å². The van der Waals surface area contributed by atoms with Gasteiger partial charge in [-0.3, -0.25) is 4.79 Å². The third-order valence-corrected chi connectivity index (χ3v) is 2.59. The van der Waals surface area contributed by atoms with Crippen molar-refractivity contribution in [3.63, 3.8) is 0 Å². The van der Waals surface area contributed by atoms with E-state index in [9.17, 15) is 4.79 Å². The van der Waals surface area contributed by atoms with Gasteiger partial charge in [-0.1, -0.05) is 59.1 Å². The number of carbonyl (C=O) groups is 1. The van der Waals surface area contributed by atoms with Crippen LogP contribution in [0.3, 0.4) is 0 Å². The van der Waals surface area contributed by atoms with Gasteiger partial charge >= 0.3 is 5.97 Å². The van der Waals surface area contributed by atoms with E-state index in [4.69, 9.17) is 4.74 Å². The zero-order valence-electron chi connectivity index (χ0n) is 15.1. The van der Waals surface area contributed by atoms with Crippen LogP contribution in [0.5, 0.6) is 0 Å². The molecule has 0 aliphatic heterocycles. The van der Waals surface area contributed by atoms with Gasteiger partial charge in [-0.05, 0) is 31.3 Å². The van der Waals surface area contributed by atoms with Crippen LogP contribution < -0.4 is 0 Å². The Morgan fingerprint density at radius 1 is 1.10 bits per heavy atom. The predicted molar refractivity (Wildman–Crippen MR) is 95.3 cm³/mol. The van der Waals surface area contributed by atoms with Gasteiger partial charge in [0.25, 0.3) is 0 Å². The second kappa shape index (κ2) is 12.2. The van der Waals surface area contributed by atoms with Crippen molar-refractivity contribution in [1.82, 2.24) is 0 Å². The Morgan fingerprint density at radius 3 is 1.81 bits per heavy atom. The quantitative estimate of drug-likeness (QED) is 0.348. The summed E-state index contributed by atoms with van der Waals surface area (Å²) in [6, 6.07) is 0. The first-order valence-corrected chi connectivity index (χ1v) is 7.30. The van der Waals surface area contributed by atoms with Crippen LogP contribution in [0.25, 0.3) is 0 Å². The largest absolute Gasteiger partial charge is 0.460 e. The maximum absolute atomic E-state index is 11.0. The molecule has 0 aromatic rings. The Kier molecular flexibility index (Phi) is 14.2. The number of esters is 1. The van der Waals surface area contributed by atoms with Gasteiger partial charge in [0.1, 0.15) is 5.60 Å². The van der Waals surface area contributed by atoms with E-state index in [0.717, 1.165) is 12.0 Å². The molecule has 0 N–H and O–H groups in total. The van der Waals surface area contributed by atoms with Crippen LogP contribution in [0.15, 0.2) is 50.1 Å². The van der Waals surface area contributed by atoms with E-state index in [0.29, 0.717) is 0 Å². The van der Waals surface area contributed by atoms with Gasteiger partial charge in [0.2, 0.25) is 0 Å². The molecule has 0 saturated carbocycles. The molecule has 0 spiro atoms. The smallest absolute Gasteiger partial charge is 0.303 e. The van der Waals surface area contributed by atoms with Crippen molar-refractivity contribution in [2.75, 3.05) is 0 Å². The Labute approximate surface area is 132 Å². The fourth-order valence-corrected chi connectivity index (χ4v) is 2.29. The molecule has 0 aliphatic carbocycles. The molecule has 0 rings (SSSR count). The van der Waals surface area contributed by atoms with Crippen LogP contribution in [0.1, 0.15) is 54.9 Å². The molecule has 2 nitrogen and oxygen atoms in total. The maximum Gasteiger partial charge on any atom is 0.303 e. The van der Waals surface area contributed by atoms with E-state index < -0.39 is 5.60 Å². The van der Waals surface area contributed by atoms with Crippen LogP contribution in [0.4, 0.5) is 0 Å². The van der Waals surface area contributed by atoms with Crippen LogP contribution in [-0.4, -0.2) is 11.6 Å². The number of allylic oxidation sites excluding steroid dienone is 4. The first kappa shape index (κ1) is 24.4. The topological polar surface area (TPSA) is 26.3 Å². The highest BCUT2D eigenvalue weighted by Gasteiger charge is 2.32. The molecular formula is C19H34O2. The monoisotopic (exact) mass is 294 g/mol. The summed E-state index contributed by atoms with van der Waals surface area (Å²) in [6.07, 6.45) is 6.24. The Hall–Kier alpha value is -1.57. The number of hydrogen-bond donors (Lipinski definition) is 0. The zero-order valence-corrected chi connectivity index (χ0v) is 15.1. The van der Waals surface area contributed by atoms with E-state index in [-0.39, 0.29) is 11.4 Å². The van der Waals surface area contributed by atoms with Crippen molar-refractivity contribution < 1.29 is 9.53 Å². The van der Waals surface area contributed by atoms with E-state index >= 15 is 0 Å². The van der Waals surface area contributed by atoms with E-state index in [1.807, 2.05) is 39.8 Å². The Balaban J connectivity index is -0.000000739. The van der Waals surface area contributed by atoms with Gasteiger partial charge in [0.05, 0.1) is 0 Å². The lowest BCUT2D eigenvalue weighted by Crippen LogP contribution is -2.33. The fraction of sp³-hybridized carbons (Fsp3) is 0.526. The molecule has 0 aromatic carbocycles. The molecule has 2 heteroatoms. The molecule has 0 heterocycles. The molecule has 0 fully saturated rings. The molecular weight excluding hydrogens is 260 g/mol. The highest BCUT2D eigenvalue weighted by molar-refractivity contribution is 5.66. The molecule has 0 bridgehead atoms. The molecule has 0 atom stereocenters. The summed E-state index contributed by atoms with van der Waals surface area (Å²) >= 11 is 0. The van der Waals surface area contributed by atoms with Gasteiger partial charge in [-0.2, -0.15) is 0 Å². The summed E-state index contributed by atoms with van der Waals surface area (Å²) in [5.41, 5.74) is 0.487. The number of rotatable bonds is 6. The lowest BCUT2D eigenvalue weighted by molar-refractivity contribution is -0.155. The van der Waals surface area contributed by atoms with Gasteiger partial charge in [0, 0.05) is 6.92 Å². The summed E-state index contributed by atoms with van der Waals surface area (Å²) in [6.45, 7) is 27.0. The average molecular weight is 294 g/mol. The Morgan fingerprint density at radius 2 is 1.52 bits per heavy atom. The second-order valence-corrected chi connectivity index (χ2v) is 5.48. The summed E-state index contributed by atoms with van der Waals surface area (Å²) in [5.74, 6) is -0.251. The van der Waals surface area contributed by atoms with Gasteiger partial charge < -0.3 is 4.74 Å². The molecule has 21 heavy (non-hydrogen) atoms. The van der Waals surface area contributed by atoms with Crippen LogP contribution in [-0.2, 0) is 9.53 Å². The first-order valence-electron chi connectivity index (χ1n) is 7.30. The number of hydrogen-bond acceptors (Lipinski definition) is 2. The van der Waals surface area contributed by atoms with Crippen molar-refractivity contribution in [3.05, 3.63) is 50.1 Å². The van der Waals surface area contributed by atoms with Gasteiger partial charge in [0.15, 0.2) is 0 Å². The third-order valence-electron chi connectivity index (χ3n) is 2.59. The number of ether oxygens (including phenoxy) is 1. The lowest BCUT2D eigenvalue weighted by Gasteiger charge is -2.35. The normalized spacial score (nSPS) is 11.1. The summed E-state index contributed by atoms with van der Waals surface area (Å²) in [4.78, 5) is 11.0. The van der Waals surface area contributed by atoms with Crippen LogP contribution in [0, 0.1) is 5.41 Å². The van der Waals surface area contributed by atoms with Crippen molar-refractivity contribution in [3.8, 4) is 0 Å². The maximum atomic E-state index is 11.0. The molecule has 0 amide bonds. The standard InChI is InChI=1S/C15H24O2.C2H6.C2H4/c1-8-10-13(9-2)14(4,5)11-15(6,7)17-12(3)16;2*1-2/h8-10H,1-2,11H2,3-7H3;1-2H3;1-2H2/b13-10+;;. The minimum Gasteiger partial charge on any atom is -0.460 e. The van der Waals surface area contributed by atoms with Crippen molar-refractivity contribution in [2.24, 2.45) is 5.41 Å². The third kappa shape index (κ3) is 11.9. The second-order valence-electron chi connectivity index (χ2n) is 5.48. The van der Waals surface area contributed by atoms with E-state index in [2.05, 4.69) is 40.2 Å². The molecule has 0 saturated heterocycles. The average Bonchev–Trinajstić information content (AvgIpc) is 2.37. The predicted octanol–water partition coefficient (Wildman–Crippen LogP) is 5.87. The fourth-order valence-electron chi connectivity index (χ4n) is 2.29. The van der Waals surface area contributed by atoms with Crippen molar-refractivity contribution in [1.29, 1.82) is 0 Å². The van der Waals surface area contributed by atoms with Crippen molar-refractivity contribution >= 4 is 5.97 Å². The summed E-state index contributed by atoms with van der Waals surface area (Å²) in [7, 11) is 0. The molecule has 122 valence electrons. The first-order chi connectivity index (χ1) is 9.64. The minimum absolute atomic E-state index is 0.116. The SMILES string of the molecule is C=C.C=C/C=C(\C=C)C(C)(C)CC(C)(C)OC(C)=O.CC. The molecule has 0 aliphatic rings. The summed E-state index contributed by atoms with van der Waals surface area (Å²) in [5, 5.41) is 0. The van der Waals surface area contributed by atoms with E-state index in [1.54, 1.807) is 6.08 Å². The minimum atomic E-state index is -0.487. The van der Waals surface area contributed by atoms with Crippen LogP contribution in [0.2, 0.25) is 0 Å². The highest BCUT2D eigenvalue weighted by atomic mass is 16.6. The molecule has 0 radical (unpaired) electrons. The molecule has 0 aromatic heterocycles. The van der Waals surface area contributed by atoms with Gasteiger partial charge in [-0.15, -0.1) is 13.2 Å². The molecule has 0 unspecified atom stereocenters. The highest BCUT2D eigenvalue weighted by Crippen LogP contribution is 2.37.